The van der Waals surface area contributed by atoms with Crippen molar-refractivity contribution in [3.05, 3.63) is 64.2 Å². The Bertz CT molecular complexity index is 821. The highest BCUT2D eigenvalue weighted by Gasteiger charge is 2.20. The zero-order chi connectivity index (χ0) is 19.1. The lowest BCUT2D eigenvalue weighted by Crippen LogP contribution is -2.30. The number of carbonyl (C=O) groups excluding carboxylic acids is 2. The minimum absolute atomic E-state index is 0.0817. The van der Waals surface area contributed by atoms with Crippen molar-refractivity contribution < 1.29 is 24.0 Å². The highest BCUT2D eigenvalue weighted by atomic mass is 16.6. The van der Waals surface area contributed by atoms with Crippen molar-refractivity contribution in [2.45, 2.75) is 20.0 Å². The number of para-hydroxylation sites is 2. The monoisotopic (exact) mass is 358 g/mol. The molecule has 0 aromatic heterocycles. The summed E-state index contributed by atoms with van der Waals surface area (Å²) in [7, 11) is 0. The molecule has 8 heteroatoms. The summed E-state index contributed by atoms with van der Waals surface area (Å²) in [5, 5.41) is 13.5. The van der Waals surface area contributed by atoms with E-state index < -0.39 is 22.9 Å². The van der Waals surface area contributed by atoms with Crippen molar-refractivity contribution in [3.8, 4) is 5.75 Å². The second-order valence-electron chi connectivity index (χ2n) is 5.27. The van der Waals surface area contributed by atoms with Crippen LogP contribution in [0.15, 0.2) is 48.5 Å². The Morgan fingerprint density at radius 3 is 2.62 bits per heavy atom. The lowest BCUT2D eigenvalue weighted by Gasteiger charge is -2.15. The first kappa shape index (κ1) is 18.9. The molecule has 0 heterocycles. The van der Waals surface area contributed by atoms with Crippen molar-refractivity contribution in [1.29, 1.82) is 0 Å². The van der Waals surface area contributed by atoms with Gasteiger partial charge in [-0.05, 0) is 38.1 Å². The number of hydrogen-bond donors (Lipinski definition) is 1. The van der Waals surface area contributed by atoms with Gasteiger partial charge in [-0.3, -0.25) is 14.9 Å². The van der Waals surface area contributed by atoms with E-state index in [1.807, 2.05) is 0 Å². The second kappa shape index (κ2) is 8.61. The molecule has 0 fully saturated rings. The van der Waals surface area contributed by atoms with E-state index in [1.54, 1.807) is 31.2 Å². The standard InChI is InChI=1S/C18H18N2O6/c1-3-25-18(22)13-7-6-8-14(11-13)26-12(2)17(21)19-15-9-4-5-10-16(15)20(23)24/h4-12H,3H2,1-2H3,(H,19,21)/t12-/m0/s1. The third kappa shape index (κ3) is 4.79. The number of nitro groups is 1. The first-order chi connectivity index (χ1) is 12.4. The van der Waals surface area contributed by atoms with E-state index in [-0.39, 0.29) is 18.0 Å². The Labute approximate surface area is 149 Å². The van der Waals surface area contributed by atoms with Gasteiger partial charge in [-0.2, -0.15) is 0 Å². The number of nitrogens with one attached hydrogen (secondary N) is 1. The van der Waals surface area contributed by atoms with Crippen LogP contribution in [0, 0.1) is 10.1 Å². The van der Waals surface area contributed by atoms with Crippen molar-refractivity contribution in [1.82, 2.24) is 0 Å². The molecule has 1 atom stereocenters. The van der Waals surface area contributed by atoms with Crippen LogP contribution in [0.1, 0.15) is 24.2 Å². The minimum Gasteiger partial charge on any atom is -0.481 e. The van der Waals surface area contributed by atoms with Crippen molar-refractivity contribution in [2.75, 3.05) is 11.9 Å². The largest absolute Gasteiger partial charge is 0.481 e. The lowest BCUT2D eigenvalue weighted by molar-refractivity contribution is -0.383. The summed E-state index contributed by atoms with van der Waals surface area (Å²) in [6, 6.07) is 12.1. The molecule has 0 saturated carbocycles. The maximum absolute atomic E-state index is 12.3. The van der Waals surface area contributed by atoms with Gasteiger partial charge in [0.1, 0.15) is 11.4 Å². The normalized spacial score (nSPS) is 11.3. The fourth-order valence-corrected chi connectivity index (χ4v) is 2.14. The fraction of sp³-hybridized carbons (Fsp3) is 0.222. The molecule has 8 nitrogen and oxygen atoms in total. The van der Waals surface area contributed by atoms with Gasteiger partial charge >= 0.3 is 5.97 Å². The molecule has 0 bridgehead atoms. The molecule has 136 valence electrons. The van der Waals surface area contributed by atoms with Crippen LogP contribution in [0.5, 0.6) is 5.75 Å². The first-order valence-electron chi connectivity index (χ1n) is 7.90. The molecule has 0 aliphatic heterocycles. The van der Waals surface area contributed by atoms with Crippen molar-refractivity contribution in [3.63, 3.8) is 0 Å². The summed E-state index contributed by atoms with van der Waals surface area (Å²) >= 11 is 0. The predicted molar refractivity (Wildman–Crippen MR) is 94.2 cm³/mol. The number of ether oxygens (including phenoxy) is 2. The van der Waals surface area contributed by atoms with Gasteiger partial charge in [0.25, 0.3) is 11.6 Å². The van der Waals surface area contributed by atoms with Crippen LogP contribution in [-0.4, -0.2) is 29.5 Å². The second-order valence-corrected chi connectivity index (χ2v) is 5.27. The van der Waals surface area contributed by atoms with Crippen LogP contribution in [0.25, 0.3) is 0 Å². The highest BCUT2D eigenvalue weighted by molar-refractivity contribution is 5.96. The summed E-state index contributed by atoms with van der Waals surface area (Å²) in [4.78, 5) is 34.4. The number of amides is 1. The van der Waals surface area contributed by atoms with Crippen LogP contribution in [-0.2, 0) is 9.53 Å². The summed E-state index contributed by atoms with van der Waals surface area (Å²) in [6.45, 7) is 3.45. The molecule has 1 N–H and O–H groups in total. The molecule has 0 unspecified atom stereocenters. The summed E-state index contributed by atoms with van der Waals surface area (Å²) < 4.78 is 10.4. The molecular weight excluding hydrogens is 340 g/mol. The van der Waals surface area contributed by atoms with Gasteiger partial charge in [0, 0.05) is 6.07 Å². The number of hydrogen-bond acceptors (Lipinski definition) is 6. The zero-order valence-electron chi connectivity index (χ0n) is 14.3. The zero-order valence-corrected chi connectivity index (χ0v) is 14.3. The number of nitro benzene ring substituents is 1. The first-order valence-corrected chi connectivity index (χ1v) is 7.90. The van der Waals surface area contributed by atoms with Gasteiger partial charge in [-0.15, -0.1) is 0 Å². The van der Waals surface area contributed by atoms with E-state index >= 15 is 0 Å². The van der Waals surface area contributed by atoms with E-state index in [2.05, 4.69) is 5.32 Å². The van der Waals surface area contributed by atoms with E-state index in [4.69, 9.17) is 9.47 Å². The number of carbonyl (C=O) groups is 2. The molecule has 2 aromatic rings. The van der Waals surface area contributed by atoms with Crippen LogP contribution < -0.4 is 10.1 Å². The molecule has 2 aromatic carbocycles. The maximum atomic E-state index is 12.3. The smallest absolute Gasteiger partial charge is 0.338 e. The SMILES string of the molecule is CCOC(=O)c1cccc(O[C@@H](C)C(=O)Nc2ccccc2[N+](=O)[O-])c1. The fourth-order valence-electron chi connectivity index (χ4n) is 2.14. The molecule has 0 saturated heterocycles. The molecule has 0 aliphatic rings. The van der Waals surface area contributed by atoms with Crippen LogP contribution >= 0.6 is 0 Å². The lowest BCUT2D eigenvalue weighted by atomic mass is 10.2. The number of rotatable bonds is 7. The minimum atomic E-state index is -0.938. The summed E-state index contributed by atoms with van der Waals surface area (Å²) in [6.07, 6.45) is -0.938. The molecule has 0 spiro atoms. The molecule has 26 heavy (non-hydrogen) atoms. The van der Waals surface area contributed by atoms with Crippen LogP contribution in [0.3, 0.4) is 0 Å². The maximum Gasteiger partial charge on any atom is 0.338 e. The van der Waals surface area contributed by atoms with Crippen LogP contribution in [0.4, 0.5) is 11.4 Å². The van der Waals surface area contributed by atoms with E-state index in [0.717, 1.165) is 0 Å². The molecule has 0 aliphatic carbocycles. The number of nitrogens with zero attached hydrogens (tertiary/aromatic N) is 1. The van der Waals surface area contributed by atoms with Gasteiger partial charge in [0.05, 0.1) is 17.1 Å². The van der Waals surface area contributed by atoms with Gasteiger partial charge in [0.2, 0.25) is 0 Å². The highest BCUT2D eigenvalue weighted by Crippen LogP contribution is 2.24. The molecule has 0 radical (unpaired) electrons. The van der Waals surface area contributed by atoms with Gasteiger partial charge in [-0.25, -0.2) is 4.79 Å². The Balaban J connectivity index is 2.07. The molecule has 1 amide bonds. The Morgan fingerprint density at radius 1 is 1.19 bits per heavy atom. The van der Waals surface area contributed by atoms with Gasteiger partial charge in [-0.1, -0.05) is 18.2 Å². The van der Waals surface area contributed by atoms with Crippen molar-refractivity contribution >= 4 is 23.3 Å². The summed E-state index contributed by atoms with van der Waals surface area (Å²) in [5.74, 6) is -0.739. The number of benzene rings is 2. The quantitative estimate of drug-likeness (QED) is 0.463. The van der Waals surface area contributed by atoms with E-state index in [0.29, 0.717) is 11.3 Å². The Hall–Kier alpha value is -3.42. The van der Waals surface area contributed by atoms with Gasteiger partial charge < -0.3 is 14.8 Å². The predicted octanol–water partition coefficient (Wildman–Crippen LogP) is 3.18. The number of anilines is 1. The van der Waals surface area contributed by atoms with Crippen LogP contribution in [0.2, 0.25) is 0 Å². The summed E-state index contributed by atoms with van der Waals surface area (Å²) in [5.41, 5.74) is 0.172. The Morgan fingerprint density at radius 2 is 1.92 bits per heavy atom. The third-order valence-corrected chi connectivity index (χ3v) is 3.39. The molecule has 2 rings (SSSR count). The average Bonchev–Trinajstić information content (AvgIpc) is 2.62. The molecular formula is C18H18N2O6. The van der Waals surface area contributed by atoms with E-state index in [1.165, 1.54) is 31.2 Å². The average molecular weight is 358 g/mol. The number of esters is 1. The van der Waals surface area contributed by atoms with Crippen molar-refractivity contribution in [2.24, 2.45) is 0 Å². The van der Waals surface area contributed by atoms with E-state index in [9.17, 15) is 19.7 Å². The Kier molecular flexibility index (Phi) is 6.26. The topological polar surface area (TPSA) is 108 Å². The van der Waals surface area contributed by atoms with Gasteiger partial charge in [0.15, 0.2) is 6.10 Å². The third-order valence-electron chi connectivity index (χ3n) is 3.39.